The maximum absolute atomic E-state index is 13.8. The SMILES string of the molecule is CCOC(=O)c1nc2ccccc2n([C@H]2C[C@H]3CCC[C@@H](C2)N3C23CC4CC(C)(CC(C)(C4)C2)C3)c1=O. The molecule has 198 valence electrons. The number of carbonyl (C=O) groups excluding carboxylic acids is 1. The van der Waals surface area contributed by atoms with Crippen LogP contribution in [0.1, 0.15) is 108 Å². The fourth-order valence-corrected chi connectivity index (χ4v) is 10.9. The van der Waals surface area contributed by atoms with E-state index in [-0.39, 0.29) is 23.9 Å². The molecule has 0 radical (unpaired) electrons. The van der Waals surface area contributed by atoms with E-state index < -0.39 is 5.97 Å². The predicted molar refractivity (Wildman–Crippen MR) is 144 cm³/mol. The number of carbonyl (C=O) groups is 1. The third kappa shape index (κ3) is 3.65. The van der Waals surface area contributed by atoms with Gasteiger partial charge in [-0.05, 0) is 100 Å². The average Bonchev–Trinajstić information content (AvgIpc) is 2.80. The number of para-hydroxylation sites is 2. The molecular weight excluding hydrogens is 462 g/mol. The van der Waals surface area contributed by atoms with Gasteiger partial charge >= 0.3 is 5.97 Å². The van der Waals surface area contributed by atoms with Gasteiger partial charge in [0.15, 0.2) is 0 Å². The van der Waals surface area contributed by atoms with E-state index in [0.29, 0.717) is 34.0 Å². The summed E-state index contributed by atoms with van der Waals surface area (Å²) in [5, 5.41) is 0. The number of aromatic nitrogens is 2. The van der Waals surface area contributed by atoms with Crippen LogP contribution in [0.4, 0.5) is 0 Å². The standard InChI is InChI=1S/C31H41N3O3/c1-4-37-28(36)26-27(35)33(25-11-6-5-10-24(25)32-26)23-12-21-8-7-9-22(13-23)34(21)31-16-20-14-29(2,18-31)17-30(3,15-20)19-31/h5-6,10-11,20-23H,4,7-9,12-19H2,1-3H3/t20?,21-,22+,23+,29?,30?,31?. The molecule has 0 N–H and O–H groups in total. The van der Waals surface area contributed by atoms with Crippen LogP contribution in [0.5, 0.6) is 0 Å². The highest BCUT2D eigenvalue weighted by Gasteiger charge is 2.64. The van der Waals surface area contributed by atoms with Crippen LogP contribution < -0.4 is 5.56 Å². The Balaban J connectivity index is 1.28. The van der Waals surface area contributed by atoms with Crippen molar-refractivity contribution in [2.24, 2.45) is 16.7 Å². The summed E-state index contributed by atoms with van der Waals surface area (Å²) >= 11 is 0. The second-order valence-corrected chi connectivity index (χ2v) is 14.0. The molecule has 37 heavy (non-hydrogen) atoms. The number of esters is 1. The van der Waals surface area contributed by atoms with Gasteiger partial charge in [0.05, 0.1) is 17.6 Å². The van der Waals surface area contributed by atoms with Crippen molar-refractivity contribution in [3.05, 3.63) is 40.3 Å². The predicted octanol–water partition coefficient (Wildman–Crippen LogP) is 5.88. The van der Waals surface area contributed by atoms with Crippen molar-refractivity contribution >= 4 is 17.0 Å². The molecule has 8 rings (SSSR count). The molecule has 1 aromatic heterocycles. The summed E-state index contributed by atoms with van der Waals surface area (Å²) in [5.41, 5.74) is 2.49. The van der Waals surface area contributed by atoms with E-state index in [1.165, 1.54) is 57.8 Å². The summed E-state index contributed by atoms with van der Waals surface area (Å²) in [6, 6.07) is 8.88. The Morgan fingerprint density at radius 3 is 2.32 bits per heavy atom. The highest BCUT2D eigenvalue weighted by molar-refractivity contribution is 5.89. The van der Waals surface area contributed by atoms with Crippen LogP contribution in [-0.2, 0) is 4.74 Å². The van der Waals surface area contributed by atoms with Gasteiger partial charge in [0.25, 0.3) is 5.56 Å². The van der Waals surface area contributed by atoms with Crippen LogP contribution in [0.2, 0.25) is 0 Å². The molecule has 0 spiro atoms. The van der Waals surface area contributed by atoms with Gasteiger partial charge in [0.2, 0.25) is 5.69 Å². The van der Waals surface area contributed by atoms with E-state index in [1.54, 1.807) is 6.92 Å². The molecule has 2 saturated heterocycles. The topological polar surface area (TPSA) is 64.4 Å². The first-order valence-corrected chi connectivity index (χ1v) is 14.7. The number of benzene rings is 1. The normalized spacial score (nSPS) is 40.7. The van der Waals surface area contributed by atoms with E-state index >= 15 is 0 Å². The van der Waals surface area contributed by atoms with Crippen molar-refractivity contribution in [3.8, 4) is 0 Å². The lowest BCUT2D eigenvalue weighted by molar-refractivity contribution is -0.198. The van der Waals surface area contributed by atoms with Gasteiger partial charge in [-0.25, -0.2) is 9.78 Å². The molecule has 6 fully saturated rings. The van der Waals surface area contributed by atoms with Crippen LogP contribution in [0.3, 0.4) is 0 Å². The number of hydrogen-bond donors (Lipinski definition) is 0. The van der Waals surface area contributed by atoms with Crippen molar-refractivity contribution in [1.29, 1.82) is 0 Å². The maximum atomic E-state index is 13.8. The quantitative estimate of drug-likeness (QED) is 0.488. The van der Waals surface area contributed by atoms with Crippen LogP contribution in [0.15, 0.2) is 29.1 Å². The Morgan fingerprint density at radius 1 is 1.00 bits per heavy atom. The molecular formula is C31H41N3O3. The van der Waals surface area contributed by atoms with Crippen LogP contribution in [0.25, 0.3) is 11.0 Å². The smallest absolute Gasteiger partial charge is 0.362 e. The Kier molecular flexibility index (Phi) is 5.25. The fraction of sp³-hybridized carbons (Fsp3) is 0.710. The monoisotopic (exact) mass is 503 g/mol. The molecule has 2 unspecified atom stereocenters. The van der Waals surface area contributed by atoms with Crippen LogP contribution in [-0.4, -0.2) is 44.6 Å². The minimum atomic E-state index is -0.611. The van der Waals surface area contributed by atoms with E-state index in [2.05, 4.69) is 23.7 Å². The molecule has 3 heterocycles. The minimum Gasteiger partial charge on any atom is -0.461 e. The summed E-state index contributed by atoms with van der Waals surface area (Å²) in [6.45, 7) is 7.15. The summed E-state index contributed by atoms with van der Waals surface area (Å²) < 4.78 is 7.14. The molecule has 0 amide bonds. The number of hydrogen-bond acceptors (Lipinski definition) is 5. The van der Waals surface area contributed by atoms with Gasteiger partial charge in [-0.3, -0.25) is 9.69 Å². The summed E-state index contributed by atoms with van der Waals surface area (Å²) in [5.74, 6) is 0.267. The summed E-state index contributed by atoms with van der Waals surface area (Å²) in [7, 11) is 0. The first kappa shape index (κ1) is 23.9. The Labute approximate surface area is 219 Å². The zero-order valence-corrected chi connectivity index (χ0v) is 22.7. The number of fused-ring (bicyclic) bond motifs is 3. The lowest BCUT2D eigenvalue weighted by atomic mass is 9.42. The molecule has 1 aromatic carbocycles. The molecule has 5 atom stereocenters. The minimum absolute atomic E-state index is 0.0740. The molecule has 2 aliphatic heterocycles. The Hall–Kier alpha value is -2.21. The van der Waals surface area contributed by atoms with Crippen molar-refractivity contribution in [2.75, 3.05) is 6.61 Å². The van der Waals surface area contributed by atoms with Gasteiger partial charge < -0.3 is 9.30 Å². The lowest BCUT2D eigenvalue weighted by Gasteiger charge is -2.71. The average molecular weight is 504 g/mol. The number of rotatable bonds is 4. The van der Waals surface area contributed by atoms with E-state index in [9.17, 15) is 9.59 Å². The highest BCUT2D eigenvalue weighted by atomic mass is 16.5. The van der Waals surface area contributed by atoms with Crippen LogP contribution >= 0.6 is 0 Å². The molecule has 6 aliphatic rings. The second-order valence-electron chi connectivity index (χ2n) is 14.0. The second kappa shape index (κ2) is 8.14. The number of ether oxygens (including phenoxy) is 1. The Bertz CT molecular complexity index is 1280. The largest absolute Gasteiger partial charge is 0.461 e. The van der Waals surface area contributed by atoms with Gasteiger partial charge in [0.1, 0.15) is 0 Å². The highest BCUT2D eigenvalue weighted by Crippen LogP contribution is 2.69. The molecule has 6 nitrogen and oxygen atoms in total. The summed E-state index contributed by atoms with van der Waals surface area (Å²) in [4.78, 5) is 34.0. The van der Waals surface area contributed by atoms with E-state index in [1.807, 2.05) is 28.8 Å². The van der Waals surface area contributed by atoms with Gasteiger partial charge in [-0.1, -0.05) is 32.4 Å². The lowest BCUT2D eigenvalue weighted by Crippen LogP contribution is -2.71. The molecule has 2 aromatic rings. The van der Waals surface area contributed by atoms with Crippen LogP contribution in [0, 0.1) is 16.7 Å². The van der Waals surface area contributed by atoms with Gasteiger partial charge in [-0.15, -0.1) is 0 Å². The van der Waals surface area contributed by atoms with Crippen molar-refractivity contribution in [1.82, 2.24) is 14.5 Å². The van der Waals surface area contributed by atoms with Gasteiger partial charge in [0, 0.05) is 23.7 Å². The molecule has 6 heteroatoms. The van der Waals surface area contributed by atoms with Crippen molar-refractivity contribution in [2.45, 2.75) is 115 Å². The Morgan fingerprint density at radius 2 is 1.68 bits per heavy atom. The third-order valence-electron chi connectivity index (χ3n) is 10.7. The van der Waals surface area contributed by atoms with Crippen molar-refractivity contribution < 1.29 is 9.53 Å². The summed E-state index contributed by atoms with van der Waals surface area (Å²) in [6.07, 6.45) is 14.0. The third-order valence-corrected chi connectivity index (χ3v) is 10.7. The van der Waals surface area contributed by atoms with Crippen molar-refractivity contribution in [3.63, 3.8) is 0 Å². The first-order valence-electron chi connectivity index (χ1n) is 14.7. The number of piperidine rings is 2. The van der Waals surface area contributed by atoms with Gasteiger partial charge in [-0.2, -0.15) is 0 Å². The molecule has 6 bridgehead atoms. The van der Waals surface area contributed by atoms with E-state index in [0.717, 1.165) is 24.3 Å². The first-order chi connectivity index (χ1) is 17.7. The number of nitrogens with zero attached hydrogens (tertiary/aromatic N) is 3. The van der Waals surface area contributed by atoms with E-state index in [4.69, 9.17) is 4.74 Å². The zero-order valence-electron chi connectivity index (χ0n) is 22.7. The maximum Gasteiger partial charge on any atom is 0.362 e. The zero-order chi connectivity index (χ0) is 25.6. The molecule has 4 saturated carbocycles. The molecule has 4 aliphatic carbocycles. The fourth-order valence-electron chi connectivity index (χ4n) is 10.9.